The van der Waals surface area contributed by atoms with Crippen LogP contribution in [0.5, 0.6) is 5.75 Å². The molecule has 2 unspecified atom stereocenters. The lowest BCUT2D eigenvalue weighted by Crippen LogP contribution is -2.52. The number of pyridine rings is 1. The van der Waals surface area contributed by atoms with Crippen LogP contribution in [-0.2, 0) is 18.1 Å². The maximum Gasteiger partial charge on any atom is 0.416 e. The van der Waals surface area contributed by atoms with Crippen molar-refractivity contribution in [3.63, 3.8) is 0 Å². The van der Waals surface area contributed by atoms with E-state index >= 15 is 8.78 Å². The number of rotatable bonds is 6. The van der Waals surface area contributed by atoms with Gasteiger partial charge in [0.15, 0.2) is 11.6 Å². The average molecular weight is 625 g/mol. The topological polar surface area (TPSA) is 43.3 Å². The molecule has 1 N–H and O–H groups in total. The molecule has 0 saturated heterocycles. The first-order chi connectivity index (χ1) is 21.1. The monoisotopic (exact) mass is 624 g/mol. The summed E-state index contributed by atoms with van der Waals surface area (Å²) in [6.45, 7) is 2.13. The summed E-state index contributed by atoms with van der Waals surface area (Å²) >= 11 is 1.35. The Balaban J connectivity index is 1.65. The largest absolute Gasteiger partial charge is 0.494 e. The Kier molecular flexibility index (Phi) is 7.92. The summed E-state index contributed by atoms with van der Waals surface area (Å²) in [7, 11) is 1.31. The number of hydrogen-bond donors (Lipinski definition) is 1. The average Bonchev–Trinajstić information content (AvgIpc) is 3.47. The Labute approximate surface area is 255 Å². The maximum atomic E-state index is 15.8. The minimum absolute atomic E-state index is 0.00658. The number of hydrogen-bond acceptors (Lipinski definition) is 4. The fourth-order valence-corrected chi connectivity index (χ4v) is 8.00. The van der Waals surface area contributed by atoms with E-state index in [-0.39, 0.29) is 16.9 Å². The van der Waals surface area contributed by atoms with Gasteiger partial charge in [0.05, 0.1) is 34.8 Å². The molecule has 0 spiro atoms. The summed E-state index contributed by atoms with van der Waals surface area (Å²) < 4.78 is 80.0. The van der Waals surface area contributed by atoms with E-state index in [0.29, 0.717) is 34.9 Å². The molecule has 2 atom stereocenters. The van der Waals surface area contributed by atoms with Crippen molar-refractivity contribution in [1.82, 2.24) is 9.88 Å². The van der Waals surface area contributed by atoms with Crippen molar-refractivity contribution < 1.29 is 26.7 Å². The van der Waals surface area contributed by atoms with Gasteiger partial charge in [-0.1, -0.05) is 60.7 Å². The summed E-state index contributed by atoms with van der Waals surface area (Å²) in [5, 5.41) is 4.06. The van der Waals surface area contributed by atoms with Gasteiger partial charge in [0, 0.05) is 29.8 Å². The van der Waals surface area contributed by atoms with Crippen LogP contribution in [-0.4, -0.2) is 24.0 Å². The van der Waals surface area contributed by atoms with E-state index in [9.17, 15) is 18.0 Å². The van der Waals surface area contributed by atoms with Crippen molar-refractivity contribution in [2.75, 3.05) is 19.4 Å². The smallest absolute Gasteiger partial charge is 0.416 e. The van der Waals surface area contributed by atoms with Gasteiger partial charge < -0.3 is 10.1 Å². The predicted octanol–water partition coefficient (Wildman–Crippen LogP) is 7.81. The van der Waals surface area contributed by atoms with Crippen LogP contribution < -0.4 is 15.6 Å². The summed E-state index contributed by atoms with van der Waals surface area (Å²) in [5.74, 6) is -1.42. The standard InChI is InChI=1S/C34H29F5N2O2S/c1-20-23(18-24-25(34(37,38)39)13-9-14-26(24)35)32-41(31(42)29(20)22-12-8-15-27(43-2)30(22)36)28(19-44-32)33(16-6-7-17-40-33)21-10-4-3-5-11-21/h3-15,28,40H,16-19H2,1-2H3. The van der Waals surface area contributed by atoms with E-state index in [1.807, 2.05) is 42.5 Å². The van der Waals surface area contributed by atoms with Crippen LogP contribution in [0.2, 0.25) is 0 Å². The molecular formula is C34H29F5N2O2S. The number of ether oxygens (including phenoxy) is 1. The molecule has 0 amide bonds. The highest BCUT2D eigenvalue weighted by Gasteiger charge is 2.46. The van der Waals surface area contributed by atoms with E-state index in [1.54, 1.807) is 17.6 Å². The normalized spacial score (nSPS) is 19.7. The molecule has 0 bridgehead atoms. The van der Waals surface area contributed by atoms with Gasteiger partial charge in [0.25, 0.3) is 5.56 Å². The lowest BCUT2D eigenvalue weighted by molar-refractivity contribution is -0.138. The number of aromatic nitrogens is 1. The lowest BCUT2D eigenvalue weighted by atomic mass is 9.78. The van der Waals surface area contributed by atoms with Gasteiger partial charge in [-0.25, -0.2) is 8.78 Å². The zero-order valence-corrected chi connectivity index (χ0v) is 24.8. The number of fused-ring (bicyclic) bond motifs is 1. The second-order valence-electron chi connectivity index (χ2n) is 10.9. The predicted molar refractivity (Wildman–Crippen MR) is 161 cm³/mol. The molecule has 228 valence electrons. The first-order valence-corrected chi connectivity index (χ1v) is 15.1. The summed E-state index contributed by atoms with van der Waals surface area (Å²) in [6.07, 6.45) is -0.642. The Hall–Kier alpha value is -3.89. The number of nitrogens with zero attached hydrogens (tertiary/aromatic N) is 1. The van der Waals surface area contributed by atoms with Gasteiger partial charge in [-0.05, 0) is 48.2 Å². The lowest BCUT2D eigenvalue weighted by Gasteiger charge is -2.42. The molecule has 44 heavy (non-hydrogen) atoms. The van der Waals surface area contributed by atoms with E-state index < -0.39 is 52.5 Å². The van der Waals surface area contributed by atoms with Crippen LogP contribution in [0.4, 0.5) is 22.0 Å². The Morgan fingerprint density at radius 1 is 1.00 bits per heavy atom. The van der Waals surface area contributed by atoms with Crippen molar-refractivity contribution in [1.29, 1.82) is 0 Å². The van der Waals surface area contributed by atoms with E-state index in [1.165, 1.54) is 31.0 Å². The van der Waals surface area contributed by atoms with Gasteiger partial charge in [-0.15, -0.1) is 11.8 Å². The van der Waals surface area contributed by atoms with Gasteiger partial charge in [0.1, 0.15) is 5.82 Å². The number of thioether (sulfide) groups is 1. The van der Waals surface area contributed by atoms with Gasteiger partial charge in [0.2, 0.25) is 0 Å². The minimum atomic E-state index is -4.80. The summed E-state index contributed by atoms with van der Waals surface area (Å²) in [4.78, 5) is 14.6. The second kappa shape index (κ2) is 11.6. The zero-order valence-electron chi connectivity index (χ0n) is 24.0. The Morgan fingerprint density at radius 2 is 1.75 bits per heavy atom. The van der Waals surface area contributed by atoms with Crippen molar-refractivity contribution >= 4 is 11.8 Å². The SMILES string of the molecule is COc1cccc(-c2c(C)c(Cc3c(F)cccc3C(F)(F)F)c3n(c2=O)C(C2(c4ccccc4)CC=CCN2)CS3)c1F. The van der Waals surface area contributed by atoms with Crippen molar-refractivity contribution in [3.05, 3.63) is 129 Å². The molecule has 3 aromatic carbocycles. The van der Waals surface area contributed by atoms with Gasteiger partial charge in [-0.3, -0.25) is 9.36 Å². The molecule has 0 fully saturated rings. The fourth-order valence-electron chi connectivity index (χ4n) is 6.50. The highest BCUT2D eigenvalue weighted by atomic mass is 32.2. The highest BCUT2D eigenvalue weighted by molar-refractivity contribution is 7.99. The molecule has 10 heteroatoms. The molecule has 0 saturated carbocycles. The third-order valence-corrected chi connectivity index (χ3v) is 9.86. The molecule has 0 aliphatic carbocycles. The first kappa shape index (κ1) is 30.1. The minimum Gasteiger partial charge on any atom is -0.494 e. The molecule has 2 aliphatic heterocycles. The van der Waals surface area contributed by atoms with Gasteiger partial charge >= 0.3 is 6.18 Å². The fraction of sp³-hybridized carbons (Fsp3) is 0.265. The molecule has 2 aliphatic rings. The molecule has 3 heterocycles. The van der Waals surface area contributed by atoms with E-state index in [4.69, 9.17) is 4.74 Å². The quantitative estimate of drug-likeness (QED) is 0.176. The van der Waals surface area contributed by atoms with Crippen molar-refractivity contribution in [2.45, 2.75) is 42.5 Å². The number of alkyl halides is 3. The van der Waals surface area contributed by atoms with Crippen LogP contribution in [0.3, 0.4) is 0 Å². The van der Waals surface area contributed by atoms with Crippen LogP contribution in [0.15, 0.2) is 88.7 Å². The first-order valence-electron chi connectivity index (χ1n) is 14.1. The zero-order chi connectivity index (χ0) is 31.2. The molecule has 4 nitrogen and oxygen atoms in total. The van der Waals surface area contributed by atoms with Crippen molar-refractivity contribution in [3.8, 4) is 16.9 Å². The number of nitrogens with one attached hydrogen (secondary N) is 1. The third kappa shape index (κ3) is 4.94. The molecular weight excluding hydrogens is 595 g/mol. The Bertz CT molecular complexity index is 1820. The summed E-state index contributed by atoms with van der Waals surface area (Å²) in [5.41, 5.74) is -1.26. The summed E-state index contributed by atoms with van der Waals surface area (Å²) in [6, 6.07) is 16.5. The number of methoxy groups -OCH3 is 1. The molecule has 0 radical (unpaired) electrons. The van der Waals surface area contributed by atoms with E-state index in [0.717, 1.165) is 23.8 Å². The highest BCUT2D eigenvalue weighted by Crippen LogP contribution is 2.49. The molecule has 1 aromatic heterocycles. The number of halogens is 5. The Morgan fingerprint density at radius 3 is 2.43 bits per heavy atom. The van der Waals surface area contributed by atoms with Gasteiger partial charge in [-0.2, -0.15) is 13.2 Å². The van der Waals surface area contributed by atoms with Crippen LogP contribution in [0, 0.1) is 18.6 Å². The van der Waals surface area contributed by atoms with Crippen LogP contribution in [0.25, 0.3) is 11.1 Å². The second-order valence-corrected chi connectivity index (χ2v) is 12.0. The number of benzene rings is 3. The van der Waals surface area contributed by atoms with Crippen LogP contribution in [0.1, 0.15) is 40.3 Å². The maximum absolute atomic E-state index is 15.8. The van der Waals surface area contributed by atoms with Crippen molar-refractivity contribution in [2.24, 2.45) is 0 Å². The molecule has 4 aromatic rings. The van der Waals surface area contributed by atoms with E-state index in [2.05, 4.69) is 5.32 Å². The third-order valence-electron chi connectivity index (χ3n) is 8.66. The molecule has 6 rings (SSSR count). The van der Waals surface area contributed by atoms with Crippen LogP contribution >= 0.6 is 11.8 Å².